The van der Waals surface area contributed by atoms with Crippen molar-refractivity contribution in [2.75, 3.05) is 0 Å². The Bertz CT molecular complexity index is 1510. The van der Waals surface area contributed by atoms with Gasteiger partial charge in [0.2, 0.25) is 0 Å². The molecule has 4 nitrogen and oxygen atoms in total. The third-order valence-corrected chi connectivity index (χ3v) is 5.63. The van der Waals surface area contributed by atoms with Crippen molar-refractivity contribution in [3.05, 3.63) is 103 Å². The lowest BCUT2D eigenvalue weighted by Crippen LogP contribution is -1.97. The van der Waals surface area contributed by atoms with E-state index in [1.54, 1.807) is 0 Å². The highest BCUT2D eigenvalue weighted by Crippen LogP contribution is 2.32. The summed E-state index contributed by atoms with van der Waals surface area (Å²) in [6, 6.07) is 32.4. The van der Waals surface area contributed by atoms with E-state index in [2.05, 4.69) is 24.3 Å². The van der Waals surface area contributed by atoms with Crippen LogP contribution >= 0.6 is 0 Å². The Kier molecular flexibility index (Phi) is 4.29. The lowest BCUT2D eigenvalue weighted by atomic mass is 10.1. The van der Waals surface area contributed by atoms with E-state index in [0.29, 0.717) is 5.82 Å². The van der Waals surface area contributed by atoms with Gasteiger partial charge in [-0.25, -0.2) is 15.0 Å². The average Bonchev–Trinajstić information content (AvgIpc) is 3.24. The number of rotatable bonds is 3. The summed E-state index contributed by atoms with van der Waals surface area (Å²) in [6.45, 7) is 2.05. The van der Waals surface area contributed by atoms with E-state index in [1.165, 1.54) is 0 Å². The molecule has 32 heavy (non-hydrogen) atoms. The number of aromatic nitrogens is 3. The van der Waals surface area contributed by atoms with Crippen molar-refractivity contribution in [2.45, 2.75) is 6.92 Å². The van der Waals surface area contributed by atoms with E-state index < -0.39 is 0 Å². The fourth-order valence-electron chi connectivity index (χ4n) is 4.01. The summed E-state index contributed by atoms with van der Waals surface area (Å²) < 4.78 is 6.06. The van der Waals surface area contributed by atoms with Crippen LogP contribution in [-0.4, -0.2) is 15.0 Å². The number of furan rings is 1. The van der Waals surface area contributed by atoms with Gasteiger partial charge in [-0.15, -0.1) is 0 Å². The molecule has 0 fully saturated rings. The van der Waals surface area contributed by atoms with Crippen LogP contribution in [0.25, 0.3) is 56.1 Å². The van der Waals surface area contributed by atoms with E-state index in [9.17, 15) is 0 Å². The van der Waals surface area contributed by atoms with Crippen LogP contribution in [0, 0.1) is 6.92 Å². The zero-order valence-electron chi connectivity index (χ0n) is 17.5. The molecule has 0 unspecified atom stereocenters. The summed E-state index contributed by atoms with van der Waals surface area (Å²) in [7, 11) is 0. The largest absolute Gasteiger partial charge is 0.454 e. The number of pyridine rings is 1. The van der Waals surface area contributed by atoms with E-state index in [-0.39, 0.29) is 0 Å². The highest BCUT2D eigenvalue weighted by atomic mass is 16.3. The summed E-state index contributed by atoms with van der Waals surface area (Å²) in [5.74, 6) is 0.592. The predicted molar refractivity (Wildman–Crippen MR) is 128 cm³/mol. The fraction of sp³-hybridized carbons (Fsp3) is 0.0357. The first-order valence-corrected chi connectivity index (χ1v) is 10.6. The number of para-hydroxylation sites is 1. The zero-order chi connectivity index (χ0) is 21.5. The molecule has 0 atom stereocenters. The molecule has 0 amide bonds. The molecule has 0 bridgehead atoms. The number of benzene rings is 3. The monoisotopic (exact) mass is 413 g/mol. The van der Waals surface area contributed by atoms with Gasteiger partial charge in [0.15, 0.2) is 11.4 Å². The lowest BCUT2D eigenvalue weighted by molar-refractivity contribution is 0.665. The number of hydrogen-bond acceptors (Lipinski definition) is 4. The van der Waals surface area contributed by atoms with Crippen molar-refractivity contribution < 1.29 is 4.42 Å². The van der Waals surface area contributed by atoms with E-state index in [1.807, 2.05) is 79.7 Å². The molecule has 0 aliphatic heterocycles. The van der Waals surface area contributed by atoms with Crippen molar-refractivity contribution >= 4 is 22.1 Å². The minimum absolute atomic E-state index is 0.592. The smallest absolute Gasteiger partial charge is 0.179 e. The van der Waals surface area contributed by atoms with Crippen molar-refractivity contribution in [2.24, 2.45) is 0 Å². The highest BCUT2D eigenvalue weighted by Gasteiger charge is 2.15. The van der Waals surface area contributed by atoms with Gasteiger partial charge in [-0.1, -0.05) is 72.8 Å². The summed E-state index contributed by atoms with van der Waals surface area (Å²) >= 11 is 0. The van der Waals surface area contributed by atoms with Gasteiger partial charge in [-0.05, 0) is 36.8 Å². The summed E-state index contributed by atoms with van der Waals surface area (Å²) in [5, 5.41) is 1.00. The molecule has 3 aromatic carbocycles. The van der Waals surface area contributed by atoms with Gasteiger partial charge in [-0.3, -0.25) is 0 Å². The molecule has 6 aromatic rings. The van der Waals surface area contributed by atoms with Crippen molar-refractivity contribution in [3.63, 3.8) is 0 Å². The molecule has 0 saturated heterocycles. The summed E-state index contributed by atoms with van der Waals surface area (Å²) in [4.78, 5) is 14.7. The van der Waals surface area contributed by atoms with Gasteiger partial charge >= 0.3 is 0 Å². The standard InChI is InChI=1S/C28H19N3O/c1-18-9-8-14-21-26-25(32-27(18)21)16-15-22(29-26)28-30-23(19-10-4-2-5-11-19)17-24(31-28)20-12-6-3-7-13-20/h2-17H,1H3. The van der Waals surface area contributed by atoms with E-state index in [0.717, 1.165) is 55.8 Å². The van der Waals surface area contributed by atoms with Crippen molar-refractivity contribution in [1.29, 1.82) is 0 Å². The second-order valence-corrected chi connectivity index (χ2v) is 7.79. The van der Waals surface area contributed by atoms with Crippen molar-refractivity contribution in [3.8, 4) is 34.0 Å². The molecule has 0 saturated carbocycles. The Morgan fingerprint density at radius 2 is 1.25 bits per heavy atom. The van der Waals surface area contributed by atoms with E-state index in [4.69, 9.17) is 19.4 Å². The van der Waals surface area contributed by atoms with Crippen LogP contribution < -0.4 is 0 Å². The second-order valence-electron chi connectivity index (χ2n) is 7.79. The SMILES string of the molecule is Cc1cccc2c1oc1ccc(-c3nc(-c4ccccc4)cc(-c4ccccc4)n3)nc12. The van der Waals surface area contributed by atoms with Gasteiger partial charge < -0.3 is 4.42 Å². The summed E-state index contributed by atoms with van der Waals surface area (Å²) in [5.41, 5.74) is 8.09. The zero-order valence-corrected chi connectivity index (χ0v) is 17.5. The van der Waals surface area contributed by atoms with Gasteiger partial charge in [0.1, 0.15) is 16.8 Å². The maximum atomic E-state index is 6.06. The van der Waals surface area contributed by atoms with Crippen LogP contribution in [0.15, 0.2) is 101 Å². The lowest BCUT2D eigenvalue weighted by Gasteiger charge is -2.09. The molecular formula is C28H19N3O. The average molecular weight is 413 g/mol. The number of aryl methyl sites for hydroxylation is 1. The first-order chi connectivity index (χ1) is 15.8. The van der Waals surface area contributed by atoms with Crippen LogP contribution in [0.5, 0.6) is 0 Å². The molecule has 0 N–H and O–H groups in total. The molecule has 0 radical (unpaired) electrons. The van der Waals surface area contributed by atoms with E-state index >= 15 is 0 Å². The molecule has 0 aliphatic rings. The van der Waals surface area contributed by atoms with Gasteiger partial charge in [0, 0.05) is 16.5 Å². The molecule has 152 valence electrons. The maximum absolute atomic E-state index is 6.06. The third-order valence-electron chi connectivity index (χ3n) is 5.63. The molecular weight excluding hydrogens is 394 g/mol. The Labute approximate surface area is 185 Å². The van der Waals surface area contributed by atoms with Crippen LogP contribution in [0.3, 0.4) is 0 Å². The maximum Gasteiger partial charge on any atom is 0.179 e. The minimum Gasteiger partial charge on any atom is -0.454 e. The topological polar surface area (TPSA) is 51.8 Å². The van der Waals surface area contributed by atoms with Gasteiger partial charge in [0.25, 0.3) is 0 Å². The first kappa shape index (κ1) is 18.5. The third kappa shape index (κ3) is 3.13. The van der Waals surface area contributed by atoms with Crippen LogP contribution in [0.2, 0.25) is 0 Å². The molecule has 6 rings (SSSR count). The second kappa shape index (κ2) is 7.43. The Morgan fingerprint density at radius 3 is 1.91 bits per heavy atom. The molecule has 3 aromatic heterocycles. The minimum atomic E-state index is 0.592. The molecule has 0 aliphatic carbocycles. The predicted octanol–water partition coefficient (Wildman–Crippen LogP) is 7.08. The van der Waals surface area contributed by atoms with Crippen LogP contribution in [0.4, 0.5) is 0 Å². The molecule has 0 spiro atoms. The fourth-order valence-corrected chi connectivity index (χ4v) is 4.01. The number of fused-ring (bicyclic) bond motifs is 3. The van der Waals surface area contributed by atoms with Gasteiger partial charge in [-0.2, -0.15) is 0 Å². The Hall–Kier alpha value is -4.31. The Morgan fingerprint density at radius 1 is 0.594 bits per heavy atom. The first-order valence-electron chi connectivity index (χ1n) is 10.6. The van der Waals surface area contributed by atoms with Crippen molar-refractivity contribution in [1.82, 2.24) is 15.0 Å². The van der Waals surface area contributed by atoms with Crippen LogP contribution in [0.1, 0.15) is 5.56 Å². The summed E-state index contributed by atoms with van der Waals surface area (Å²) in [6.07, 6.45) is 0. The Balaban J connectivity index is 1.58. The molecule has 3 heterocycles. The number of nitrogens with zero attached hydrogens (tertiary/aromatic N) is 3. The highest BCUT2D eigenvalue weighted by molar-refractivity contribution is 6.03. The van der Waals surface area contributed by atoms with Gasteiger partial charge in [0.05, 0.1) is 11.4 Å². The molecule has 4 heteroatoms. The quantitative estimate of drug-likeness (QED) is 0.311. The number of hydrogen-bond donors (Lipinski definition) is 0. The van der Waals surface area contributed by atoms with Crippen LogP contribution in [-0.2, 0) is 0 Å². The normalized spacial score (nSPS) is 11.3.